The van der Waals surface area contributed by atoms with Gasteiger partial charge < -0.3 is 4.90 Å². The smallest absolute Gasteiger partial charge is 0.288 e. The molecule has 0 radical (unpaired) electrons. The normalized spacial score (nSPS) is 25.1. The number of carbonyl (C=O) groups is 1. The average Bonchev–Trinajstić information content (AvgIpc) is 2.94. The number of nitrogens with zero attached hydrogens (tertiary/aromatic N) is 1. The molecule has 0 aromatic carbocycles. The van der Waals surface area contributed by atoms with Gasteiger partial charge in [0.2, 0.25) is 0 Å². The lowest BCUT2D eigenvalue weighted by molar-refractivity contribution is 0.0486. The maximum absolute atomic E-state index is 12.7. The number of hydrogen-bond acceptors (Lipinski definition) is 3. The molecule has 22 heavy (non-hydrogen) atoms. The number of piperidine rings is 1. The van der Waals surface area contributed by atoms with Crippen molar-refractivity contribution in [3.63, 3.8) is 0 Å². The number of alkyl halides is 2. The highest BCUT2D eigenvalue weighted by Crippen LogP contribution is 2.42. The number of thiophene rings is 1. The molecular weight excluding hydrogens is 324 g/mol. The Morgan fingerprint density at radius 1 is 1.36 bits per heavy atom. The second kappa shape index (κ2) is 6.71. The minimum absolute atomic E-state index is 0.0771. The highest BCUT2D eigenvalue weighted by molar-refractivity contribution is 7.99. The van der Waals surface area contributed by atoms with Crippen LogP contribution in [0.3, 0.4) is 0 Å². The molecule has 0 N–H and O–H groups in total. The van der Waals surface area contributed by atoms with Crippen LogP contribution in [0.5, 0.6) is 0 Å². The molecular formula is C16H19F2NOS2. The summed E-state index contributed by atoms with van der Waals surface area (Å²) in [6, 6.07) is 1.62. The first kappa shape index (κ1) is 16.0. The van der Waals surface area contributed by atoms with Crippen molar-refractivity contribution >= 4 is 29.0 Å². The molecule has 1 aromatic rings. The Bertz CT molecular complexity index is 572. The highest BCUT2D eigenvalue weighted by Gasteiger charge is 2.37. The number of rotatable bonds is 3. The van der Waals surface area contributed by atoms with Crippen molar-refractivity contribution in [1.82, 2.24) is 4.90 Å². The van der Waals surface area contributed by atoms with E-state index in [0.29, 0.717) is 21.5 Å². The van der Waals surface area contributed by atoms with Gasteiger partial charge in [0, 0.05) is 18.0 Å². The van der Waals surface area contributed by atoms with Gasteiger partial charge in [-0.15, -0.1) is 11.3 Å². The zero-order valence-electron chi connectivity index (χ0n) is 12.3. The third kappa shape index (κ3) is 3.38. The van der Waals surface area contributed by atoms with Gasteiger partial charge in [0.25, 0.3) is 11.7 Å². The topological polar surface area (TPSA) is 20.3 Å². The van der Waals surface area contributed by atoms with Crippen LogP contribution < -0.4 is 0 Å². The van der Waals surface area contributed by atoms with Crippen molar-refractivity contribution in [2.24, 2.45) is 5.41 Å². The summed E-state index contributed by atoms with van der Waals surface area (Å²) in [5.41, 5.74) is 0.204. The Balaban J connectivity index is 1.74. The maximum atomic E-state index is 12.7. The Kier molecular flexibility index (Phi) is 4.88. The molecule has 1 aromatic heterocycles. The first-order valence-electron chi connectivity index (χ1n) is 7.56. The molecule has 1 aliphatic carbocycles. The van der Waals surface area contributed by atoms with E-state index in [1.165, 1.54) is 11.3 Å². The van der Waals surface area contributed by atoms with Gasteiger partial charge in [0.15, 0.2) is 0 Å². The van der Waals surface area contributed by atoms with E-state index in [4.69, 9.17) is 0 Å². The summed E-state index contributed by atoms with van der Waals surface area (Å²) in [5, 5.41) is 1.72. The van der Waals surface area contributed by atoms with Crippen LogP contribution in [0, 0.1) is 5.41 Å². The molecule has 1 aliphatic heterocycles. The Morgan fingerprint density at radius 3 is 2.95 bits per heavy atom. The number of hydrogen-bond donors (Lipinski definition) is 0. The minimum atomic E-state index is -2.49. The van der Waals surface area contributed by atoms with E-state index in [1.807, 2.05) is 4.90 Å². The second-order valence-corrected chi connectivity index (χ2v) is 7.98. The summed E-state index contributed by atoms with van der Waals surface area (Å²) in [6.07, 6.45) is 9.82. The van der Waals surface area contributed by atoms with E-state index in [2.05, 4.69) is 12.2 Å². The number of carbonyl (C=O) groups excluding carboxylic acids is 1. The maximum Gasteiger partial charge on any atom is 0.288 e. The largest absolute Gasteiger partial charge is 0.337 e. The third-order valence-electron chi connectivity index (χ3n) is 4.55. The van der Waals surface area contributed by atoms with Crippen molar-refractivity contribution in [3.8, 4) is 0 Å². The zero-order valence-corrected chi connectivity index (χ0v) is 13.9. The lowest BCUT2D eigenvalue weighted by atomic mass is 9.71. The third-order valence-corrected chi connectivity index (χ3v) is 6.35. The molecule has 2 aliphatic rings. The fourth-order valence-corrected chi connectivity index (χ4v) is 5.14. The van der Waals surface area contributed by atoms with E-state index >= 15 is 0 Å². The lowest BCUT2D eigenvalue weighted by Crippen LogP contribution is -2.46. The summed E-state index contributed by atoms with van der Waals surface area (Å²) in [6.45, 7) is 1.49. The van der Waals surface area contributed by atoms with Crippen molar-refractivity contribution in [3.05, 3.63) is 28.5 Å². The molecule has 1 atom stereocenters. The molecule has 2 heterocycles. The molecule has 1 unspecified atom stereocenters. The Morgan fingerprint density at radius 2 is 2.23 bits per heavy atom. The summed E-state index contributed by atoms with van der Waals surface area (Å²) >= 11 is 1.74. The highest BCUT2D eigenvalue weighted by atomic mass is 32.2. The number of amides is 1. The first-order chi connectivity index (χ1) is 10.6. The standard InChI is InChI=1S/C16H19F2NOS2/c17-15(18)22-12-5-10-21-13(12)14(20)19-9-4-8-16(11-19)6-2-1-3-7-16/h1-2,5,10,15H,3-4,6-9,11H2. The second-order valence-electron chi connectivity index (χ2n) is 6.04. The van der Waals surface area contributed by atoms with E-state index in [1.54, 1.807) is 11.4 Å². The van der Waals surface area contributed by atoms with Gasteiger partial charge >= 0.3 is 0 Å². The van der Waals surface area contributed by atoms with Crippen LogP contribution in [0.4, 0.5) is 8.78 Å². The quantitative estimate of drug-likeness (QED) is 0.567. The van der Waals surface area contributed by atoms with Crippen molar-refractivity contribution < 1.29 is 13.6 Å². The molecule has 3 rings (SSSR count). The van der Waals surface area contributed by atoms with Gasteiger partial charge in [-0.25, -0.2) is 0 Å². The summed E-state index contributed by atoms with van der Waals surface area (Å²) in [7, 11) is 0. The molecule has 120 valence electrons. The minimum Gasteiger partial charge on any atom is -0.337 e. The molecule has 2 nitrogen and oxygen atoms in total. The van der Waals surface area contributed by atoms with Gasteiger partial charge in [0.1, 0.15) is 4.88 Å². The Labute approximate surface area is 137 Å². The van der Waals surface area contributed by atoms with Gasteiger partial charge in [-0.1, -0.05) is 23.9 Å². The number of likely N-dealkylation sites (tertiary alicyclic amines) is 1. The molecule has 1 saturated heterocycles. The van der Waals surface area contributed by atoms with Crippen LogP contribution in [-0.2, 0) is 0 Å². The zero-order chi connectivity index (χ0) is 15.6. The molecule has 1 amide bonds. The molecule has 0 saturated carbocycles. The fourth-order valence-electron chi connectivity index (χ4n) is 3.48. The summed E-state index contributed by atoms with van der Waals surface area (Å²) in [5.74, 6) is -2.57. The summed E-state index contributed by atoms with van der Waals surface area (Å²) < 4.78 is 25.2. The Hall–Kier alpha value is -0.880. The van der Waals surface area contributed by atoms with Gasteiger partial charge in [-0.05, 0) is 49.0 Å². The number of thioether (sulfide) groups is 1. The van der Waals surface area contributed by atoms with Gasteiger partial charge in [-0.3, -0.25) is 4.79 Å². The molecule has 0 bridgehead atoms. The van der Waals surface area contributed by atoms with Gasteiger partial charge in [-0.2, -0.15) is 8.78 Å². The predicted molar refractivity (Wildman–Crippen MR) is 86.7 cm³/mol. The van der Waals surface area contributed by atoms with Crippen LogP contribution in [0.25, 0.3) is 0 Å². The van der Waals surface area contributed by atoms with E-state index < -0.39 is 5.76 Å². The number of allylic oxidation sites excluding steroid dienone is 2. The van der Waals surface area contributed by atoms with E-state index in [0.717, 1.165) is 45.2 Å². The average molecular weight is 343 g/mol. The predicted octanol–water partition coefficient (Wildman–Crippen LogP) is 5.03. The SMILES string of the molecule is O=C(c1sccc1SC(F)F)N1CCCC2(CC=CCC2)C1. The van der Waals surface area contributed by atoms with Crippen LogP contribution in [0.15, 0.2) is 28.5 Å². The van der Waals surface area contributed by atoms with Crippen LogP contribution >= 0.6 is 23.1 Å². The monoisotopic (exact) mass is 343 g/mol. The molecule has 1 spiro atoms. The fraction of sp³-hybridized carbons (Fsp3) is 0.562. The van der Waals surface area contributed by atoms with Crippen molar-refractivity contribution in [2.75, 3.05) is 13.1 Å². The summed E-state index contributed by atoms with van der Waals surface area (Å²) in [4.78, 5) is 15.5. The van der Waals surface area contributed by atoms with Crippen LogP contribution in [0.1, 0.15) is 41.8 Å². The first-order valence-corrected chi connectivity index (χ1v) is 9.32. The molecule has 1 fully saturated rings. The van der Waals surface area contributed by atoms with Crippen molar-refractivity contribution in [1.29, 1.82) is 0 Å². The van der Waals surface area contributed by atoms with E-state index in [-0.39, 0.29) is 11.3 Å². The van der Waals surface area contributed by atoms with Crippen LogP contribution in [-0.4, -0.2) is 29.7 Å². The lowest BCUT2D eigenvalue weighted by Gasteiger charge is -2.43. The number of halogens is 2. The van der Waals surface area contributed by atoms with Gasteiger partial charge in [0.05, 0.1) is 0 Å². The molecule has 6 heteroatoms. The van der Waals surface area contributed by atoms with Crippen molar-refractivity contribution in [2.45, 2.75) is 42.8 Å². The van der Waals surface area contributed by atoms with E-state index in [9.17, 15) is 13.6 Å². The van der Waals surface area contributed by atoms with Crippen LogP contribution in [0.2, 0.25) is 0 Å².